The maximum Gasteiger partial charge on any atom is 0.326 e. The normalized spacial score (nSPS) is 15.8. The Kier molecular flexibility index (Phi) is 17.7. The summed E-state index contributed by atoms with van der Waals surface area (Å²) in [6.45, 7) is 3.55. The average molecular weight is 618 g/mol. The van der Waals surface area contributed by atoms with E-state index in [0.717, 1.165) is 24.8 Å². The Labute approximate surface area is 260 Å². The third-order valence-electron chi connectivity index (χ3n) is 7.68. The van der Waals surface area contributed by atoms with Gasteiger partial charge in [-0.1, -0.05) is 36.8 Å². The number of hydrogen-bond donors (Lipinski definition) is 5. The van der Waals surface area contributed by atoms with Crippen molar-refractivity contribution in [2.75, 3.05) is 32.8 Å². The summed E-state index contributed by atoms with van der Waals surface area (Å²) in [5.74, 6) is -2.08. The summed E-state index contributed by atoms with van der Waals surface area (Å²) in [6.07, 6.45) is 6.67. The molecule has 0 bridgehead atoms. The van der Waals surface area contributed by atoms with Gasteiger partial charge < -0.3 is 31.1 Å². The lowest BCUT2D eigenvalue weighted by molar-refractivity contribution is -0.150. The molecule has 44 heavy (non-hydrogen) atoms. The van der Waals surface area contributed by atoms with Gasteiger partial charge in [-0.15, -0.1) is 0 Å². The van der Waals surface area contributed by atoms with Gasteiger partial charge in [0.25, 0.3) is 0 Å². The Morgan fingerprint density at radius 1 is 0.932 bits per heavy atom. The van der Waals surface area contributed by atoms with E-state index in [9.17, 15) is 29.1 Å². The zero-order chi connectivity index (χ0) is 32.2. The second kappa shape index (κ2) is 21.2. The molecule has 12 heteroatoms. The summed E-state index contributed by atoms with van der Waals surface area (Å²) in [5.41, 5.74) is 6.50. The first-order valence-electron chi connectivity index (χ1n) is 16.0. The highest BCUT2D eigenvalue weighted by atomic mass is 16.5. The number of ether oxygens (including phenoxy) is 1. The summed E-state index contributed by atoms with van der Waals surface area (Å²) in [6, 6.07) is 7.30. The van der Waals surface area contributed by atoms with Crippen LogP contribution in [-0.4, -0.2) is 90.6 Å². The van der Waals surface area contributed by atoms with Gasteiger partial charge in [-0.05, 0) is 76.8 Å². The number of esters is 1. The number of nitrogens with one attached hydrogen (secondary N) is 3. The molecular weight excluding hydrogens is 566 g/mol. The lowest BCUT2D eigenvalue weighted by Crippen LogP contribution is -2.54. The SMILES string of the molecule is CCOC(=O)C(CCc1ccccc1)N[C@@H](CCCCNC(=O)CCNC(=O)CCCCCN)C(=O)N1CCCC1C(=O)O. The lowest BCUT2D eigenvalue weighted by Gasteiger charge is -2.30. The second-order valence-corrected chi connectivity index (χ2v) is 11.1. The number of unbranched alkanes of at least 4 members (excludes halogenated alkanes) is 3. The number of nitrogens with two attached hydrogens (primary N) is 1. The Bertz CT molecular complexity index is 1040. The van der Waals surface area contributed by atoms with E-state index in [4.69, 9.17) is 10.5 Å². The van der Waals surface area contributed by atoms with Crippen molar-refractivity contribution in [2.45, 2.75) is 102 Å². The van der Waals surface area contributed by atoms with E-state index in [1.54, 1.807) is 6.92 Å². The van der Waals surface area contributed by atoms with Crippen LogP contribution >= 0.6 is 0 Å². The number of rotatable bonds is 22. The van der Waals surface area contributed by atoms with Crippen molar-refractivity contribution in [1.82, 2.24) is 20.9 Å². The highest BCUT2D eigenvalue weighted by Crippen LogP contribution is 2.20. The fourth-order valence-corrected chi connectivity index (χ4v) is 5.28. The van der Waals surface area contributed by atoms with Crippen LogP contribution in [0.5, 0.6) is 0 Å². The number of aliphatic carboxylic acids is 1. The summed E-state index contributed by atoms with van der Waals surface area (Å²) >= 11 is 0. The summed E-state index contributed by atoms with van der Waals surface area (Å²) in [7, 11) is 0. The first kappa shape index (κ1) is 36.7. The maximum absolute atomic E-state index is 13.6. The van der Waals surface area contributed by atoms with Gasteiger partial charge >= 0.3 is 11.9 Å². The number of amides is 3. The monoisotopic (exact) mass is 617 g/mol. The minimum Gasteiger partial charge on any atom is -0.480 e. The van der Waals surface area contributed by atoms with Crippen LogP contribution in [0.3, 0.4) is 0 Å². The quantitative estimate of drug-likeness (QED) is 0.0959. The average Bonchev–Trinajstić information content (AvgIpc) is 3.51. The second-order valence-electron chi connectivity index (χ2n) is 11.1. The van der Waals surface area contributed by atoms with Gasteiger partial charge in [0, 0.05) is 32.5 Å². The van der Waals surface area contributed by atoms with E-state index in [1.165, 1.54) is 4.90 Å². The van der Waals surface area contributed by atoms with Crippen LogP contribution in [0.4, 0.5) is 0 Å². The first-order chi connectivity index (χ1) is 21.3. The number of carboxylic acids is 1. The zero-order valence-electron chi connectivity index (χ0n) is 26.1. The van der Waals surface area contributed by atoms with Crippen molar-refractivity contribution in [2.24, 2.45) is 5.73 Å². The molecule has 1 heterocycles. The van der Waals surface area contributed by atoms with E-state index < -0.39 is 30.1 Å². The van der Waals surface area contributed by atoms with E-state index in [0.29, 0.717) is 71.0 Å². The first-order valence-corrected chi connectivity index (χ1v) is 16.0. The minimum atomic E-state index is -1.04. The molecule has 0 aromatic heterocycles. The number of carbonyl (C=O) groups is 5. The van der Waals surface area contributed by atoms with E-state index >= 15 is 0 Å². The largest absolute Gasteiger partial charge is 0.480 e. The number of carbonyl (C=O) groups excluding carboxylic acids is 4. The predicted octanol–water partition coefficient (Wildman–Crippen LogP) is 1.90. The van der Waals surface area contributed by atoms with Crippen LogP contribution < -0.4 is 21.7 Å². The van der Waals surface area contributed by atoms with E-state index in [-0.39, 0.29) is 37.3 Å². The van der Waals surface area contributed by atoms with Crippen molar-refractivity contribution in [1.29, 1.82) is 0 Å². The van der Waals surface area contributed by atoms with Gasteiger partial charge in [0.05, 0.1) is 12.6 Å². The molecule has 1 aliphatic heterocycles. The van der Waals surface area contributed by atoms with Crippen LogP contribution in [0.2, 0.25) is 0 Å². The molecule has 2 unspecified atom stereocenters. The highest BCUT2D eigenvalue weighted by molar-refractivity contribution is 5.88. The van der Waals surface area contributed by atoms with Gasteiger partial charge in [-0.25, -0.2) is 4.79 Å². The number of nitrogens with zero attached hydrogens (tertiary/aromatic N) is 1. The molecule has 3 amide bonds. The number of carboxylic acid groups (broad SMARTS) is 1. The van der Waals surface area contributed by atoms with Gasteiger partial charge in [0.1, 0.15) is 12.1 Å². The molecule has 12 nitrogen and oxygen atoms in total. The molecule has 1 aliphatic rings. The molecule has 2 rings (SSSR count). The van der Waals surface area contributed by atoms with Crippen molar-refractivity contribution >= 4 is 29.7 Å². The number of hydrogen-bond acceptors (Lipinski definition) is 8. The Balaban J connectivity index is 1.91. The third-order valence-corrected chi connectivity index (χ3v) is 7.68. The highest BCUT2D eigenvalue weighted by Gasteiger charge is 2.38. The van der Waals surface area contributed by atoms with Crippen LogP contribution in [0, 0.1) is 0 Å². The van der Waals surface area contributed by atoms with Crippen molar-refractivity contribution in [3.05, 3.63) is 35.9 Å². The standard InChI is InChI=1S/C32H51N5O7/c1-2-44-32(43)26(18-17-24-12-5-3-6-13-24)36-25(30(40)37-23-11-15-27(37)31(41)42)14-8-10-21-34-29(39)19-22-35-28(38)16-7-4-9-20-33/h3,5-6,12-13,25-27,36H,2,4,7-11,14-23,33H2,1H3,(H,34,39)(H,35,38)(H,41,42)/t25-,26?,27?/m0/s1. The smallest absolute Gasteiger partial charge is 0.326 e. The van der Waals surface area contributed by atoms with Crippen LogP contribution in [0.1, 0.15) is 83.1 Å². The van der Waals surface area contributed by atoms with Gasteiger partial charge in [0.15, 0.2) is 0 Å². The van der Waals surface area contributed by atoms with Crippen LogP contribution in [0.15, 0.2) is 30.3 Å². The molecule has 6 N–H and O–H groups in total. The van der Waals surface area contributed by atoms with E-state index in [2.05, 4.69) is 16.0 Å². The topological polar surface area (TPSA) is 180 Å². The summed E-state index contributed by atoms with van der Waals surface area (Å²) in [5, 5.41) is 18.5. The fourth-order valence-electron chi connectivity index (χ4n) is 5.28. The molecule has 0 spiro atoms. The molecule has 0 aliphatic carbocycles. The zero-order valence-corrected chi connectivity index (χ0v) is 26.1. The molecule has 1 aromatic carbocycles. The number of benzene rings is 1. The van der Waals surface area contributed by atoms with Crippen molar-refractivity contribution in [3.63, 3.8) is 0 Å². The molecule has 3 atom stereocenters. The predicted molar refractivity (Wildman–Crippen MR) is 166 cm³/mol. The van der Waals surface area contributed by atoms with Crippen LogP contribution in [0.25, 0.3) is 0 Å². The minimum absolute atomic E-state index is 0.0777. The van der Waals surface area contributed by atoms with Gasteiger partial charge in [-0.3, -0.25) is 24.5 Å². The van der Waals surface area contributed by atoms with Crippen molar-refractivity contribution in [3.8, 4) is 0 Å². The maximum atomic E-state index is 13.6. The Hall–Kier alpha value is -3.51. The van der Waals surface area contributed by atoms with Crippen LogP contribution in [-0.2, 0) is 35.1 Å². The Morgan fingerprint density at radius 3 is 2.36 bits per heavy atom. The molecule has 1 aromatic rings. The molecule has 0 radical (unpaired) electrons. The lowest BCUT2D eigenvalue weighted by atomic mass is 10.0. The molecule has 1 fully saturated rings. The van der Waals surface area contributed by atoms with Gasteiger partial charge in [-0.2, -0.15) is 0 Å². The van der Waals surface area contributed by atoms with Crippen molar-refractivity contribution < 1.29 is 33.8 Å². The molecule has 1 saturated heterocycles. The Morgan fingerprint density at radius 2 is 1.66 bits per heavy atom. The molecule has 246 valence electrons. The third kappa shape index (κ3) is 13.9. The van der Waals surface area contributed by atoms with E-state index in [1.807, 2.05) is 30.3 Å². The summed E-state index contributed by atoms with van der Waals surface area (Å²) < 4.78 is 5.30. The number of likely N-dealkylation sites (tertiary alicyclic amines) is 1. The number of aryl methyl sites for hydroxylation is 1. The van der Waals surface area contributed by atoms with Gasteiger partial charge in [0.2, 0.25) is 17.7 Å². The fraction of sp³-hybridized carbons (Fsp3) is 0.656. The molecular formula is C32H51N5O7. The molecule has 0 saturated carbocycles. The summed E-state index contributed by atoms with van der Waals surface area (Å²) in [4.78, 5) is 63.8.